The molecule has 180 valence electrons. The average Bonchev–Trinajstić information content (AvgIpc) is 2.80. The number of morpholine rings is 1. The predicted molar refractivity (Wildman–Crippen MR) is 121 cm³/mol. The summed E-state index contributed by atoms with van der Waals surface area (Å²) in [6.45, 7) is 6.29. The lowest BCUT2D eigenvalue weighted by molar-refractivity contribution is -0.0224. The lowest BCUT2D eigenvalue weighted by Gasteiger charge is -2.31. The molecule has 1 aliphatic heterocycles. The number of hydrogen-bond donors (Lipinski definition) is 1. The standard InChI is InChI=1S/C22H27F2N3O5S/c1-5-15(2)8-9-26-20(7-6-16-14-27(10-11-32-16)22(28)31-4)21-18(23)12-17(13-19(21)24)33(29,30)25-3/h5,7-9,12-13,16,25H,1,6,10-11,14H2,2-4H3/b15-8-,20-7+,26-9+/t16-/m0/s1. The fraction of sp³-hybridized carbons (Fsp3) is 0.364. The van der Waals surface area contributed by atoms with E-state index in [0.29, 0.717) is 6.54 Å². The molecule has 1 atom stereocenters. The molecule has 1 aromatic carbocycles. The minimum Gasteiger partial charge on any atom is -0.453 e. The van der Waals surface area contributed by atoms with E-state index in [4.69, 9.17) is 9.47 Å². The average molecular weight is 484 g/mol. The predicted octanol–water partition coefficient (Wildman–Crippen LogP) is 3.27. The Hall–Kier alpha value is -2.89. The maximum atomic E-state index is 14.9. The number of nitrogens with zero attached hydrogens (tertiary/aromatic N) is 2. The van der Waals surface area contributed by atoms with E-state index in [-0.39, 0.29) is 25.3 Å². The van der Waals surface area contributed by atoms with Gasteiger partial charge in [0.1, 0.15) is 11.6 Å². The van der Waals surface area contributed by atoms with Crippen molar-refractivity contribution in [3.8, 4) is 0 Å². The highest BCUT2D eigenvalue weighted by atomic mass is 32.2. The number of amides is 1. The molecule has 1 heterocycles. The number of benzene rings is 1. The van der Waals surface area contributed by atoms with Gasteiger partial charge in [0, 0.05) is 12.8 Å². The molecule has 1 N–H and O–H groups in total. The van der Waals surface area contributed by atoms with E-state index in [1.165, 1.54) is 24.3 Å². The number of ether oxygens (including phenoxy) is 2. The van der Waals surface area contributed by atoms with Crippen LogP contribution < -0.4 is 4.72 Å². The fourth-order valence-corrected chi connectivity index (χ4v) is 3.74. The smallest absolute Gasteiger partial charge is 0.409 e. The zero-order valence-electron chi connectivity index (χ0n) is 18.7. The molecule has 11 heteroatoms. The molecule has 0 unspecified atom stereocenters. The maximum absolute atomic E-state index is 14.9. The summed E-state index contributed by atoms with van der Waals surface area (Å²) < 4.78 is 66.0. The van der Waals surface area contributed by atoms with E-state index in [9.17, 15) is 22.0 Å². The summed E-state index contributed by atoms with van der Waals surface area (Å²) in [5, 5.41) is 0. The van der Waals surface area contributed by atoms with Gasteiger partial charge in [-0.2, -0.15) is 0 Å². The molecule has 1 amide bonds. The molecule has 1 fully saturated rings. The van der Waals surface area contributed by atoms with Crippen LogP contribution in [0.25, 0.3) is 5.70 Å². The Kier molecular flexibility index (Phi) is 9.44. The highest BCUT2D eigenvalue weighted by molar-refractivity contribution is 7.89. The Morgan fingerprint density at radius 2 is 2.06 bits per heavy atom. The second kappa shape index (κ2) is 11.8. The summed E-state index contributed by atoms with van der Waals surface area (Å²) in [7, 11) is -1.62. The second-order valence-electron chi connectivity index (χ2n) is 7.10. The molecule has 0 saturated carbocycles. The first-order valence-corrected chi connectivity index (χ1v) is 11.5. The fourth-order valence-electron chi connectivity index (χ4n) is 2.99. The molecular formula is C22H27F2N3O5S. The van der Waals surface area contributed by atoms with Crippen molar-refractivity contribution in [2.45, 2.75) is 24.3 Å². The first-order chi connectivity index (χ1) is 15.6. The molecule has 0 aromatic heterocycles. The van der Waals surface area contributed by atoms with Gasteiger partial charge in [-0.15, -0.1) is 0 Å². The highest BCUT2D eigenvalue weighted by Gasteiger charge is 2.25. The van der Waals surface area contributed by atoms with Crippen LogP contribution in [0.2, 0.25) is 0 Å². The number of carbonyl (C=O) groups is 1. The van der Waals surface area contributed by atoms with E-state index >= 15 is 0 Å². The molecule has 2 rings (SSSR count). The normalized spacial score (nSPS) is 18.0. The van der Waals surface area contributed by atoms with Crippen molar-refractivity contribution >= 4 is 28.0 Å². The van der Waals surface area contributed by atoms with Crippen molar-refractivity contribution in [1.82, 2.24) is 9.62 Å². The molecule has 0 radical (unpaired) electrons. The van der Waals surface area contributed by atoms with E-state index in [0.717, 1.165) is 24.8 Å². The zero-order chi connectivity index (χ0) is 24.6. The number of hydrogen-bond acceptors (Lipinski definition) is 6. The zero-order valence-corrected chi connectivity index (χ0v) is 19.5. The second-order valence-corrected chi connectivity index (χ2v) is 8.98. The topological polar surface area (TPSA) is 97.3 Å². The first-order valence-electron chi connectivity index (χ1n) is 10.0. The summed E-state index contributed by atoms with van der Waals surface area (Å²) in [6, 6.07) is 1.46. The number of rotatable bonds is 8. The number of nitrogens with one attached hydrogen (secondary N) is 1. The van der Waals surface area contributed by atoms with Gasteiger partial charge in [0.2, 0.25) is 10.0 Å². The SMILES string of the molecule is C=C\C(C)=C/C=N/C(=C/C[C@H]1CN(C(=O)OC)CCO1)c1c(F)cc(S(=O)(=O)NC)cc1F. The van der Waals surface area contributed by atoms with E-state index < -0.39 is 44.3 Å². The van der Waals surface area contributed by atoms with Gasteiger partial charge in [0.15, 0.2) is 0 Å². The van der Waals surface area contributed by atoms with Gasteiger partial charge in [-0.25, -0.2) is 26.7 Å². The Morgan fingerprint density at radius 3 is 2.64 bits per heavy atom. The molecule has 1 aliphatic rings. The van der Waals surface area contributed by atoms with Crippen molar-refractivity contribution in [2.24, 2.45) is 4.99 Å². The summed E-state index contributed by atoms with van der Waals surface area (Å²) in [6.07, 6.45) is 5.30. The highest BCUT2D eigenvalue weighted by Crippen LogP contribution is 2.27. The lowest BCUT2D eigenvalue weighted by atomic mass is 10.1. The van der Waals surface area contributed by atoms with Crippen LogP contribution >= 0.6 is 0 Å². The third-order valence-corrected chi connectivity index (χ3v) is 6.26. The molecule has 1 saturated heterocycles. The number of aliphatic imine (C=N–C) groups is 1. The summed E-state index contributed by atoms with van der Waals surface area (Å²) in [4.78, 5) is 16.9. The first kappa shape index (κ1) is 26.4. The Bertz CT molecular complexity index is 1060. The van der Waals surface area contributed by atoms with Crippen molar-refractivity contribution in [2.75, 3.05) is 33.9 Å². The van der Waals surface area contributed by atoms with Gasteiger partial charge < -0.3 is 14.4 Å². The summed E-state index contributed by atoms with van der Waals surface area (Å²) in [5.74, 6) is -2.17. The molecule has 1 aromatic rings. The van der Waals surface area contributed by atoms with Gasteiger partial charge in [0.05, 0.1) is 42.5 Å². The Balaban J connectivity index is 2.43. The monoisotopic (exact) mass is 483 g/mol. The number of carbonyl (C=O) groups excluding carboxylic acids is 1. The minimum absolute atomic E-state index is 0.0506. The van der Waals surface area contributed by atoms with Crippen molar-refractivity contribution < 1.29 is 31.5 Å². The van der Waals surface area contributed by atoms with E-state index in [1.807, 2.05) is 4.72 Å². The van der Waals surface area contributed by atoms with Crippen LogP contribution in [0.1, 0.15) is 18.9 Å². The molecule has 0 bridgehead atoms. The summed E-state index contributed by atoms with van der Waals surface area (Å²) >= 11 is 0. The van der Waals surface area contributed by atoms with Gasteiger partial charge >= 0.3 is 6.09 Å². The van der Waals surface area contributed by atoms with Crippen molar-refractivity contribution in [1.29, 1.82) is 0 Å². The maximum Gasteiger partial charge on any atom is 0.409 e. The molecule has 0 spiro atoms. The van der Waals surface area contributed by atoms with E-state index in [2.05, 4.69) is 11.6 Å². The van der Waals surface area contributed by atoms with Gasteiger partial charge in [-0.05, 0) is 38.6 Å². The van der Waals surface area contributed by atoms with Gasteiger partial charge in [-0.1, -0.05) is 24.3 Å². The van der Waals surface area contributed by atoms with Crippen LogP contribution in [0.15, 0.2) is 52.4 Å². The van der Waals surface area contributed by atoms with Crippen LogP contribution in [-0.4, -0.2) is 65.6 Å². The minimum atomic E-state index is -4.04. The number of sulfonamides is 1. The van der Waals surface area contributed by atoms with Gasteiger partial charge in [-0.3, -0.25) is 4.99 Å². The van der Waals surface area contributed by atoms with Crippen LogP contribution in [-0.2, 0) is 19.5 Å². The van der Waals surface area contributed by atoms with Crippen LogP contribution in [0, 0.1) is 11.6 Å². The third-order valence-electron chi connectivity index (χ3n) is 4.87. The number of halogens is 2. The number of allylic oxidation sites excluding steroid dienone is 3. The van der Waals surface area contributed by atoms with Crippen LogP contribution in [0.4, 0.5) is 13.6 Å². The molecule has 33 heavy (non-hydrogen) atoms. The van der Waals surface area contributed by atoms with Crippen LogP contribution in [0.5, 0.6) is 0 Å². The largest absolute Gasteiger partial charge is 0.453 e. The third kappa shape index (κ3) is 7.04. The lowest BCUT2D eigenvalue weighted by Crippen LogP contribution is -2.45. The summed E-state index contributed by atoms with van der Waals surface area (Å²) in [5.41, 5.74) is 0.246. The van der Waals surface area contributed by atoms with Crippen LogP contribution in [0.3, 0.4) is 0 Å². The molecular weight excluding hydrogens is 456 g/mol. The van der Waals surface area contributed by atoms with Gasteiger partial charge in [0.25, 0.3) is 0 Å². The van der Waals surface area contributed by atoms with Crippen molar-refractivity contribution in [3.05, 3.63) is 59.7 Å². The van der Waals surface area contributed by atoms with Crippen molar-refractivity contribution in [3.63, 3.8) is 0 Å². The quantitative estimate of drug-likeness (QED) is 0.452. The number of methoxy groups -OCH3 is 1. The van der Waals surface area contributed by atoms with E-state index in [1.54, 1.807) is 19.1 Å². The molecule has 8 nitrogen and oxygen atoms in total. The Labute approximate surface area is 192 Å². The molecule has 0 aliphatic carbocycles. The Morgan fingerprint density at radius 1 is 1.39 bits per heavy atom.